The molecule has 1 amide bonds. The highest BCUT2D eigenvalue weighted by Crippen LogP contribution is 2.27. The van der Waals surface area contributed by atoms with E-state index >= 15 is 0 Å². The molecule has 7 heteroatoms. The third-order valence-electron chi connectivity index (χ3n) is 1.82. The van der Waals surface area contributed by atoms with Crippen molar-refractivity contribution in [3.63, 3.8) is 0 Å². The van der Waals surface area contributed by atoms with Crippen LogP contribution in [0.5, 0.6) is 5.88 Å². The average Bonchev–Trinajstić information content (AvgIpc) is 2.26. The van der Waals surface area contributed by atoms with Gasteiger partial charge in [0.1, 0.15) is 5.69 Å². The predicted molar refractivity (Wildman–Crippen MR) is 49.0 cm³/mol. The van der Waals surface area contributed by atoms with Crippen LogP contribution in [0.1, 0.15) is 28.0 Å². The Morgan fingerprint density at radius 2 is 2.31 bits per heavy atom. The van der Waals surface area contributed by atoms with Gasteiger partial charge in [-0.05, 0) is 0 Å². The van der Waals surface area contributed by atoms with Crippen LogP contribution in [0.15, 0.2) is 6.07 Å². The molecule has 0 aliphatic heterocycles. The minimum absolute atomic E-state index is 0.116. The van der Waals surface area contributed by atoms with Crippen LogP contribution in [0, 0.1) is 11.3 Å². The molecular weight excluding hydrogens is 220 g/mol. The zero-order valence-electron chi connectivity index (χ0n) is 8.20. The van der Waals surface area contributed by atoms with Crippen molar-refractivity contribution in [3.05, 3.63) is 22.9 Å². The second-order valence-electron chi connectivity index (χ2n) is 2.75. The van der Waals surface area contributed by atoms with Crippen LogP contribution >= 0.6 is 0 Å². The molecule has 0 unspecified atom stereocenters. The first kappa shape index (κ1) is 11.8. The van der Waals surface area contributed by atoms with Crippen molar-refractivity contribution in [1.82, 2.24) is 4.98 Å². The van der Waals surface area contributed by atoms with E-state index < -0.39 is 23.6 Å². The molecule has 1 aromatic rings. The number of aromatic nitrogens is 1. The van der Waals surface area contributed by atoms with Crippen LogP contribution in [-0.4, -0.2) is 18.0 Å². The van der Waals surface area contributed by atoms with E-state index in [0.29, 0.717) is 0 Å². The van der Waals surface area contributed by atoms with E-state index in [1.807, 2.05) is 0 Å². The van der Waals surface area contributed by atoms with Crippen LogP contribution < -0.4 is 10.5 Å². The van der Waals surface area contributed by atoms with Crippen LogP contribution in [0.25, 0.3) is 0 Å². The molecule has 0 saturated carbocycles. The number of alkyl halides is 2. The summed E-state index contributed by atoms with van der Waals surface area (Å²) in [5.74, 6) is -1.25. The molecule has 1 aromatic heterocycles. The molecule has 0 fully saturated rings. The number of rotatable bonds is 3. The minimum atomic E-state index is -3.00. The quantitative estimate of drug-likeness (QED) is 0.834. The maximum absolute atomic E-state index is 12.6. The summed E-state index contributed by atoms with van der Waals surface area (Å²) in [7, 11) is 1.23. The van der Waals surface area contributed by atoms with Crippen molar-refractivity contribution in [2.24, 2.45) is 5.73 Å². The second-order valence-corrected chi connectivity index (χ2v) is 2.75. The summed E-state index contributed by atoms with van der Waals surface area (Å²) in [5.41, 5.74) is 3.11. The number of hydrogen-bond acceptors (Lipinski definition) is 4. The van der Waals surface area contributed by atoms with Crippen molar-refractivity contribution in [1.29, 1.82) is 5.26 Å². The first-order valence-corrected chi connectivity index (χ1v) is 4.08. The summed E-state index contributed by atoms with van der Waals surface area (Å²) < 4.78 is 29.9. The Kier molecular flexibility index (Phi) is 3.35. The highest BCUT2D eigenvalue weighted by atomic mass is 19.3. The zero-order valence-corrected chi connectivity index (χ0v) is 8.20. The number of halogens is 2. The van der Waals surface area contributed by atoms with E-state index in [2.05, 4.69) is 9.72 Å². The highest BCUT2D eigenvalue weighted by Gasteiger charge is 2.24. The van der Waals surface area contributed by atoms with Gasteiger partial charge in [0.25, 0.3) is 12.3 Å². The Bertz CT molecular complexity index is 469. The lowest BCUT2D eigenvalue weighted by Gasteiger charge is -2.08. The van der Waals surface area contributed by atoms with E-state index in [9.17, 15) is 13.6 Å². The fraction of sp³-hybridized carbons (Fsp3) is 0.222. The molecule has 0 radical (unpaired) electrons. The molecule has 1 rings (SSSR count). The molecule has 1 heterocycles. The van der Waals surface area contributed by atoms with Gasteiger partial charge in [0, 0.05) is 6.07 Å². The van der Waals surface area contributed by atoms with E-state index in [1.165, 1.54) is 13.2 Å². The van der Waals surface area contributed by atoms with Gasteiger partial charge in [0.2, 0.25) is 5.88 Å². The van der Waals surface area contributed by atoms with E-state index in [1.54, 1.807) is 0 Å². The van der Waals surface area contributed by atoms with Gasteiger partial charge < -0.3 is 10.5 Å². The number of hydrogen-bond donors (Lipinski definition) is 1. The molecule has 0 aliphatic carbocycles. The molecule has 0 saturated heterocycles. The van der Waals surface area contributed by atoms with E-state index in [0.717, 1.165) is 6.07 Å². The second kappa shape index (κ2) is 4.53. The Balaban J connectivity index is 3.55. The van der Waals surface area contributed by atoms with Crippen LogP contribution in [-0.2, 0) is 0 Å². The number of pyridine rings is 1. The van der Waals surface area contributed by atoms with Crippen LogP contribution in [0.2, 0.25) is 0 Å². The molecule has 84 valence electrons. The monoisotopic (exact) mass is 227 g/mol. The summed E-state index contributed by atoms with van der Waals surface area (Å²) in [4.78, 5) is 14.4. The van der Waals surface area contributed by atoms with Gasteiger partial charge in [0.15, 0.2) is 0 Å². The molecule has 0 bridgehead atoms. The van der Waals surface area contributed by atoms with Crippen molar-refractivity contribution >= 4 is 5.91 Å². The number of ether oxygens (including phenoxy) is 1. The molecule has 0 atom stereocenters. The Labute approximate surface area is 89.4 Å². The molecule has 0 spiro atoms. The summed E-state index contributed by atoms with van der Waals surface area (Å²) in [6.45, 7) is 0. The Hall–Kier alpha value is -2.23. The summed E-state index contributed by atoms with van der Waals surface area (Å²) in [6.07, 6.45) is -3.00. The Morgan fingerprint density at radius 1 is 1.69 bits per heavy atom. The topological polar surface area (TPSA) is 89.0 Å². The molecule has 0 aromatic carbocycles. The smallest absolute Gasteiger partial charge is 0.268 e. The maximum Gasteiger partial charge on any atom is 0.268 e. The molecule has 2 N–H and O–H groups in total. The number of carbonyl (C=O) groups excluding carboxylic acids is 1. The SMILES string of the molecule is COc1cc(C#N)c(C(F)F)c(C(N)=O)n1. The van der Waals surface area contributed by atoms with Crippen LogP contribution in [0.3, 0.4) is 0 Å². The molecular formula is C9H7F2N3O2. The average molecular weight is 227 g/mol. The molecule has 5 nitrogen and oxygen atoms in total. The van der Waals surface area contributed by atoms with Gasteiger partial charge in [-0.2, -0.15) is 5.26 Å². The number of nitrogens with zero attached hydrogens (tertiary/aromatic N) is 2. The number of nitriles is 1. The normalized spacial score (nSPS) is 9.94. The van der Waals surface area contributed by atoms with Gasteiger partial charge in [-0.25, -0.2) is 13.8 Å². The van der Waals surface area contributed by atoms with Crippen molar-refractivity contribution in [2.45, 2.75) is 6.43 Å². The van der Waals surface area contributed by atoms with Gasteiger partial charge in [-0.1, -0.05) is 0 Å². The lowest BCUT2D eigenvalue weighted by atomic mass is 10.1. The third-order valence-corrected chi connectivity index (χ3v) is 1.82. The first-order valence-electron chi connectivity index (χ1n) is 4.08. The van der Waals surface area contributed by atoms with Crippen LogP contribution in [0.4, 0.5) is 8.78 Å². The summed E-state index contributed by atoms with van der Waals surface area (Å²) >= 11 is 0. The summed E-state index contributed by atoms with van der Waals surface area (Å²) in [5, 5.41) is 8.67. The predicted octanol–water partition coefficient (Wildman–Crippen LogP) is 0.998. The number of amides is 1. The van der Waals surface area contributed by atoms with Gasteiger partial charge >= 0.3 is 0 Å². The summed E-state index contributed by atoms with van der Waals surface area (Å²) in [6, 6.07) is 2.56. The van der Waals surface area contributed by atoms with Crippen molar-refractivity contribution in [3.8, 4) is 11.9 Å². The van der Waals surface area contributed by atoms with Crippen molar-refractivity contribution in [2.75, 3.05) is 7.11 Å². The number of carbonyl (C=O) groups is 1. The maximum atomic E-state index is 12.6. The third kappa shape index (κ3) is 2.06. The fourth-order valence-electron chi connectivity index (χ4n) is 1.14. The Morgan fingerprint density at radius 3 is 2.69 bits per heavy atom. The van der Waals surface area contributed by atoms with Gasteiger partial charge in [-0.15, -0.1) is 0 Å². The first-order chi connectivity index (χ1) is 7.51. The van der Waals surface area contributed by atoms with Gasteiger partial charge in [-0.3, -0.25) is 4.79 Å². The van der Waals surface area contributed by atoms with Crippen molar-refractivity contribution < 1.29 is 18.3 Å². The molecule has 0 aliphatic rings. The standard InChI is InChI=1S/C9H7F2N3O2/c1-16-5-2-4(3-12)6(8(10)11)7(14-5)9(13)15/h2,8H,1H3,(H2,13,15). The molecule has 16 heavy (non-hydrogen) atoms. The number of nitrogens with two attached hydrogens (primary N) is 1. The zero-order chi connectivity index (χ0) is 12.3. The largest absolute Gasteiger partial charge is 0.481 e. The van der Waals surface area contributed by atoms with E-state index in [4.69, 9.17) is 11.0 Å². The highest BCUT2D eigenvalue weighted by molar-refractivity contribution is 5.93. The van der Waals surface area contributed by atoms with Gasteiger partial charge in [0.05, 0.1) is 24.3 Å². The lowest BCUT2D eigenvalue weighted by molar-refractivity contribution is 0.0978. The number of methoxy groups -OCH3 is 1. The lowest BCUT2D eigenvalue weighted by Crippen LogP contribution is -2.17. The fourth-order valence-corrected chi connectivity index (χ4v) is 1.14. The van der Waals surface area contributed by atoms with E-state index in [-0.39, 0.29) is 11.4 Å². The number of primary amides is 1. The minimum Gasteiger partial charge on any atom is -0.481 e.